The molecule has 0 amide bonds. The predicted octanol–water partition coefficient (Wildman–Crippen LogP) is 4.91. The molecular weight excluding hydrogens is 412 g/mol. The van der Waals surface area contributed by atoms with Gasteiger partial charge in [0, 0.05) is 9.80 Å². The first-order valence-corrected chi connectivity index (χ1v) is 7.82. The normalized spacial score (nSPS) is 10.9. The average Bonchev–Trinajstić information content (AvgIpc) is 2.57. The van der Waals surface area contributed by atoms with E-state index < -0.39 is 0 Å². The van der Waals surface area contributed by atoms with Crippen LogP contribution < -0.4 is 0 Å². The smallest absolute Gasteiger partial charge is 0.0743 e. The molecule has 0 unspecified atom stereocenters. The van der Waals surface area contributed by atoms with Gasteiger partial charge >= 0.3 is 0 Å². The summed E-state index contributed by atoms with van der Waals surface area (Å²) in [6.07, 6.45) is 0. The minimum Gasteiger partial charge on any atom is -0.237 e. The molecule has 0 saturated heterocycles. The number of hydrogen-bond donors (Lipinski definition) is 0. The Hall–Kier alpha value is -0.130. The quantitative estimate of drug-likeness (QED) is 0.629. The SMILES string of the molecule is Cc1nn(-c2ccc(CBr)c(Br)c2)c(C)c1Br. The van der Waals surface area contributed by atoms with Crippen molar-refractivity contribution >= 4 is 47.8 Å². The van der Waals surface area contributed by atoms with Gasteiger partial charge in [0.2, 0.25) is 0 Å². The lowest BCUT2D eigenvalue weighted by Crippen LogP contribution is -1.99. The maximum absolute atomic E-state index is 4.51. The van der Waals surface area contributed by atoms with Crippen LogP contribution in [0, 0.1) is 13.8 Å². The Labute approximate surface area is 126 Å². The van der Waals surface area contributed by atoms with E-state index in [4.69, 9.17) is 0 Å². The number of aromatic nitrogens is 2. The Bertz CT molecular complexity index is 561. The first-order valence-electron chi connectivity index (χ1n) is 5.11. The zero-order valence-corrected chi connectivity index (χ0v) is 14.2. The second kappa shape index (κ2) is 5.24. The molecule has 0 aliphatic carbocycles. The standard InChI is InChI=1S/C12H11Br3N2/c1-7-12(15)8(2)17(16-7)10-4-3-9(6-13)11(14)5-10/h3-5H,6H2,1-2H3. The van der Waals surface area contributed by atoms with E-state index in [0.717, 1.165) is 31.4 Å². The van der Waals surface area contributed by atoms with Crippen LogP contribution in [0.3, 0.4) is 0 Å². The van der Waals surface area contributed by atoms with Gasteiger partial charge in [-0.3, -0.25) is 0 Å². The van der Waals surface area contributed by atoms with Crippen LogP contribution in [0.4, 0.5) is 0 Å². The van der Waals surface area contributed by atoms with E-state index in [-0.39, 0.29) is 0 Å². The molecule has 1 heterocycles. The monoisotopic (exact) mass is 420 g/mol. The van der Waals surface area contributed by atoms with Gasteiger partial charge in [0.25, 0.3) is 0 Å². The van der Waals surface area contributed by atoms with Gasteiger partial charge in [-0.25, -0.2) is 4.68 Å². The first kappa shape index (κ1) is 13.3. The lowest BCUT2D eigenvalue weighted by molar-refractivity contribution is 0.832. The van der Waals surface area contributed by atoms with Crippen LogP contribution in [0.5, 0.6) is 0 Å². The predicted molar refractivity (Wildman–Crippen MR) is 81.1 cm³/mol. The van der Waals surface area contributed by atoms with Crippen molar-refractivity contribution in [3.05, 3.63) is 44.1 Å². The molecule has 0 N–H and O–H groups in total. The third-order valence-corrected chi connectivity index (χ3v) is 5.12. The third-order valence-electron chi connectivity index (χ3n) is 2.63. The van der Waals surface area contributed by atoms with Crippen LogP contribution in [-0.4, -0.2) is 9.78 Å². The number of hydrogen-bond acceptors (Lipinski definition) is 1. The lowest BCUT2D eigenvalue weighted by Gasteiger charge is -2.07. The fourth-order valence-corrected chi connectivity index (χ4v) is 3.27. The molecule has 17 heavy (non-hydrogen) atoms. The molecule has 5 heteroatoms. The largest absolute Gasteiger partial charge is 0.237 e. The average molecular weight is 423 g/mol. The van der Waals surface area contributed by atoms with Crippen LogP contribution in [0.25, 0.3) is 5.69 Å². The highest BCUT2D eigenvalue weighted by Gasteiger charge is 2.11. The number of rotatable bonds is 2. The molecule has 0 atom stereocenters. The summed E-state index contributed by atoms with van der Waals surface area (Å²) in [5.74, 6) is 0. The van der Waals surface area contributed by atoms with Gasteiger partial charge in [0.15, 0.2) is 0 Å². The third kappa shape index (κ3) is 2.51. The van der Waals surface area contributed by atoms with Gasteiger partial charge in [0.05, 0.1) is 21.5 Å². The summed E-state index contributed by atoms with van der Waals surface area (Å²) in [4.78, 5) is 0. The van der Waals surface area contributed by atoms with Crippen LogP contribution >= 0.6 is 47.8 Å². The summed E-state index contributed by atoms with van der Waals surface area (Å²) in [5.41, 5.74) is 4.41. The van der Waals surface area contributed by atoms with Crippen molar-refractivity contribution in [2.24, 2.45) is 0 Å². The molecule has 0 saturated carbocycles. The molecule has 0 aliphatic rings. The Morgan fingerprint density at radius 3 is 2.41 bits per heavy atom. The topological polar surface area (TPSA) is 17.8 Å². The summed E-state index contributed by atoms with van der Waals surface area (Å²) >= 11 is 10.6. The number of nitrogens with zero attached hydrogens (tertiary/aromatic N) is 2. The summed E-state index contributed by atoms with van der Waals surface area (Å²) in [5, 5.41) is 5.36. The molecule has 0 bridgehead atoms. The van der Waals surface area contributed by atoms with Gasteiger partial charge in [-0.2, -0.15) is 5.10 Å². The number of halogens is 3. The van der Waals surface area contributed by atoms with Gasteiger partial charge in [-0.1, -0.05) is 37.9 Å². The van der Waals surface area contributed by atoms with Crippen molar-refractivity contribution in [1.82, 2.24) is 9.78 Å². The second-order valence-corrected chi connectivity index (χ2v) is 6.01. The molecule has 2 nitrogen and oxygen atoms in total. The first-order chi connectivity index (χ1) is 8.04. The Morgan fingerprint density at radius 2 is 1.94 bits per heavy atom. The Kier molecular flexibility index (Phi) is 4.10. The van der Waals surface area contributed by atoms with E-state index in [1.54, 1.807) is 0 Å². The summed E-state index contributed by atoms with van der Waals surface area (Å²) in [6, 6.07) is 6.26. The highest BCUT2D eigenvalue weighted by molar-refractivity contribution is 9.11. The summed E-state index contributed by atoms with van der Waals surface area (Å²) in [6.45, 7) is 4.05. The number of aryl methyl sites for hydroxylation is 1. The highest BCUT2D eigenvalue weighted by Crippen LogP contribution is 2.26. The van der Waals surface area contributed by atoms with Crippen LogP contribution in [0.1, 0.15) is 17.0 Å². The van der Waals surface area contributed by atoms with E-state index in [0.29, 0.717) is 0 Å². The molecular formula is C12H11Br3N2. The van der Waals surface area contributed by atoms with Gasteiger partial charge in [-0.15, -0.1) is 0 Å². The second-order valence-electron chi connectivity index (χ2n) is 3.81. The van der Waals surface area contributed by atoms with Crippen molar-refractivity contribution in [3.63, 3.8) is 0 Å². The van der Waals surface area contributed by atoms with Gasteiger partial charge < -0.3 is 0 Å². The fraction of sp³-hybridized carbons (Fsp3) is 0.250. The highest BCUT2D eigenvalue weighted by atomic mass is 79.9. The zero-order chi connectivity index (χ0) is 12.6. The molecule has 90 valence electrons. The van der Waals surface area contributed by atoms with Crippen molar-refractivity contribution in [3.8, 4) is 5.69 Å². The van der Waals surface area contributed by atoms with Crippen molar-refractivity contribution in [1.29, 1.82) is 0 Å². The van der Waals surface area contributed by atoms with Crippen molar-refractivity contribution in [2.45, 2.75) is 19.2 Å². The Balaban J connectivity index is 2.53. The van der Waals surface area contributed by atoms with E-state index in [2.05, 4.69) is 78.0 Å². The van der Waals surface area contributed by atoms with Gasteiger partial charge in [-0.05, 0) is 47.5 Å². The maximum atomic E-state index is 4.51. The van der Waals surface area contributed by atoms with E-state index in [9.17, 15) is 0 Å². The van der Waals surface area contributed by atoms with E-state index in [1.807, 2.05) is 11.6 Å². The fourth-order valence-electron chi connectivity index (χ4n) is 1.65. The molecule has 0 aliphatic heterocycles. The van der Waals surface area contributed by atoms with Crippen LogP contribution in [0.15, 0.2) is 27.1 Å². The molecule has 0 radical (unpaired) electrons. The van der Waals surface area contributed by atoms with E-state index >= 15 is 0 Å². The molecule has 1 aromatic carbocycles. The number of benzene rings is 1. The summed E-state index contributed by atoms with van der Waals surface area (Å²) in [7, 11) is 0. The van der Waals surface area contributed by atoms with E-state index in [1.165, 1.54) is 5.56 Å². The summed E-state index contributed by atoms with van der Waals surface area (Å²) < 4.78 is 4.11. The molecule has 0 fully saturated rings. The zero-order valence-electron chi connectivity index (χ0n) is 9.47. The molecule has 1 aromatic heterocycles. The van der Waals surface area contributed by atoms with Crippen molar-refractivity contribution in [2.75, 3.05) is 0 Å². The van der Waals surface area contributed by atoms with Crippen LogP contribution in [-0.2, 0) is 5.33 Å². The van der Waals surface area contributed by atoms with Crippen LogP contribution in [0.2, 0.25) is 0 Å². The van der Waals surface area contributed by atoms with Crippen molar-refractivity contribution < 1.29 is 0 Å². The number of alkyl halides is 1. The molecule has 2 aromatic rings. The lowest BCUT2D eigenvalue weighted by atomic mass is 10.2. The molecule has 0 spiro atoms. The molecule has 2 rings (SSSR count). The Morgan fingerprint density at radius 1 is 1.24 bits per heavy atom. The minimum atomic E-state index is 0.842. The maximum Gasteiger partial charge on any atom is 0.0743 e. The van der Waals surface area contributed by atoms with Gasteiger partial charge in [0.1, 0.15) is 0 Å². The minimum absolute atomic E-state index is 0.842.